The lowest BCUT2D eigenvalue weighted by Crippen LogP contribution is -2.32. The van der Waals surface area contributed by atoms with Crippen LogP contribution < -0.4 is 5.43 Å². The molecule has 0 bridgehead atoms. The van der Waals surface area contributed by atoms with Crippen LogP contribution in [0.5, 0.6) is 0 Å². The van der Waals surface area contributed by atoms with Gasteiger partial charge in [0.2, 0.25) is 0 Å². The van der Waals surface area contributed by atoms with Gasteiger partial charge in [0.1, 0.15) is 5.56 Å². The van der Waals surface area contributed by atoms with E-state index in [-0.39, 0.29) is 24.0 Å². The highest BCUT2D eigenvalue weighted by Crippen LogP contribution is 1.99. The van der Waals surface area contributed by atoms with Gasteiger partial charge >= 0.3 is 5.97 Å². The number of pyridine rings is 1. The Bertz CT molecular complexity index is 492. The van der Waals surface area contributed by atoms with Crippen LogP contribution in [0, 0.1) is 6.92 Å². The van der Waals surface area contributed by atoms with Gasteiger partial charge in [0, 0.05) is 31.5 Å². The summed E-state index contributed by atoms with van der Waals surface area (Å²) in [5.74, 6) is -1.46. The van der Waals surface area contributed by atoms with E-state index in [0.29, 0.717) is 5.69 Å². The van der Waals surface area contributed by atoms with Crippen LogP contribution in [0.1, 0.15) is 22.5 Å². The molecule has 1 aromatic heterocycles. The van der Waals surface area contributed by atoms with E-state index in [0.717, 1.165) is 0 Å². The van der Waals surface area contributed by atoms with Crippen molar-refractivity contribution in [3.8, 4) is 0 Å². The number of carbonyl (C=O) groups excluding carboxylic acids is 1. The number of hydrogen-bond donors (Lipinski definition) is 2. The zero-order chi connectivity index (χ0) is 13.0. The number of carboxylic acids is 1. The fraction of sp³-hybridized carbons (Fsp3) is 0.364. The normalized spacial score (nSPS) is 10.0. The molecule has 1 aromatic rings. The predicted molar refractivity (Wildman–Crippen MR) is 61.0 cm³/mol. The van der Waals surface area contributed by atoms with Crippen LogP contribution in [-0.2, 0) is 4.79 Å². The zero-order valence-corrected chi connectivity index (χ0v) is 9.69. The summed E-state index contributed by atoms with van der Waals surface area (Å²) in [4.78, 5) is 37.7. The molecule has 0 aliphatic rings. The van der Waals surface area contributed by atoms with Crippen LogP contribution in [-0.4, -0.2) is 40.5 Å². The Kier molecular flexibility index (Phi) is 4.03. The first-order valence-electron chi connectivity index (χ1n) is 5.08. The molecule has 1 rings (SSSR count). The molecule has 0 aromatic carbocycles. The summed E-state index contributed by atoms with van der Waals surface area (Å²) >= 11 is 0. The van der Waals surface area contributed by atoms with Gasteiger partial charge < -0.3 is 15.0 Å². The summed E-state index contributed by atoms with van der Waals surface area (Å²) < 4.78 is 0. The molecule has 0 atom stereocenters. The van der Waals surface area contributed by atoms with Crippen LogP contribution in [0.3, 0.4) is 0 Å². The minimum Gasteiger partial charge on any atom is -0.481 e. The molecule has 6 nitrogen and oxygen atoms in total. The minimum absolute atomic E-state index is 0.0171. The highest BCUT2D eigenvalue weighted by molar-refractivity contribution is 5.93. The molecule has 92 valence electrons. The summed E-state index contributed by atoms with van der Waals surface area (Å²) in [7, 11) is 1.46. The van der Waals surface area contributed by atoms with Crippen LogP contribution in [0.15, 0.2) is 17.1 Å². The average Bonchev–Trinajstić information content (AvgIpc) is 2.25. The van der Waals surface area contributed by atoms with Crippen molar-refractivity contribution >= 4 is 11.9 Å². The summed E-state index contributed by atoms with van der Waals surface area (Å²) in [6, 6.07) is 1.33. The first kappa shape index (κ1) is 13.0. The lowest BCUT2D eigenvalue weighted by molar-refractivity contribution is -0.137. The van der Waals surface area contributed by atoms with Crippen molar-refractivity contribution in [3.63, 3.8) is 0 Å². The predicted octanol–water partition coefficient (Wildman–Crippen LogP) is 0.230. The second-order valence-corrected chi connectivity index (χ2v) is 3.76. The molecule has 6 heteroatoms. The number of nitrogens with zero attached hydrogens (tertiary/aromatic N) is 1. The van der Waals surface area contributed by atoms with Crippen molar-refractivity contribution < 1.29 is 14.7 Å². The summed E-state index contributed by atoms with van der Waals surface area (Å²) in [5, 5.41) is 8.50. The Hall–Kier alpha value is -2.11. The van der Waals surface area contributed by atoms with Crippen molar-refractivity contribution in [1.82, 2.24) is 9.88 Å². The summed E-state index contributed by atoms with van der Waals surface area (Å²) in [6.07, 6.45) is 1.20. The molecule has 1 amide bonds. The number of H-pyrrole nitrogens is 1. The zero-order valence-electron chi connectivity index (χ0n) is 9.69. The molecule has 17 heavy (non-hydrogen) atoms. The number of nitrogens with one attached hydrogen (secondary N) is 1. The Morgan fingerprint density at radius 1 is 1.47 bits per heavy atom. The molecule has 0 fully saturated rings. The molecule has 2 N–H and O–H groups in total. The van der Waals surface area contributed by atoms with Gasteiger partial charge in [0.25, 0.3) is 5.91 Å². The molecule has 0 saturated carbocycles. The van der Waals surface area contributed by atoms with Crippen LogP contribution in [0.2, 0.25) is 0 Å². The highest BCUT2D eigenvalue weighted by atomic mass is 16.4. The van der Waals surface area contributed by atoms with Gasteiger partial charge in [-0.25, -0.2) is 0 Å². The fourth-order valence-corrected chi connectivity index (χ4v) is 1.31. The largest absolute Gasteiger partial charge is 0.481 e. The number of aliphatic carboxylic acids is 1. The molecule has 0 unspecified atom stereocenters. The number of carboxylic acid groups (broad SMARTS) is 1. The van der Waals surface area contributed by atoms with E-state index in [2.05, 4.69) is 4.98 Å². The summed E-state index contributed by atoms with van der Waals surface area (Å²) in [6.45, 7) is 1.78. The number of aromatic nitrogens is 1. The highest BCUT2D eigenvalue weighted by Gasteiger charge is 2.15. The van der Waals surface area contributed by atoms with E-state index in [1.807, 2.05) is 0 Å². The monoisotopic (exact) mass is 238 g/mol. The van der Waals surface area contributed by atoms with Gasteiger partial charge in [0.15, 0.2) is 5.43 Å². The van der Waals surface area contributed by atoms with Gasteiger partial charge in [-0.3, -0.25) is 14.4 Å². The molecule has 1 heterocycles. The van der Waals surface area contributed by atoms with Crippen molar-refractivity contribution in [2.24, 2.45) is 0 Å². The number of hydrogen-bond acceptors (Lipinski definition) is 3. The van der Waals surface area contributed by atoms with Gasteiger partial charge in [-0.1, -0.05) is 0 Å². The van der Waals surface area contributed by atoms with E-state index in [4.69, 9.17) is 5.11 Å². The first-order valence-corrected chi connectivity index (χ1v) is 5.08. The quantitative estimate of drug-likeness (QED) is 0.785. The third kappa shape index (κ3) is 3.44. The Balaban J connectivity index is 2.82. The Morgan fingerprint density at radius 3 is 2.65 bits per heavy atom. The minimum atomic E-state index is -0.984. The van der Waals surface area contributed by atoms with Crippen LogP contribution >= 0.6 is 0 Å². The van der Waals surface area contributed by atoms with Crippen LogP contribution in [0.25, 0.3) is 0 Å². The first-order chi connectivity index (χ1) is 7.91. The molecule has 0 spiro atoms. The van der Waals surface area contributed by atoms with Gasteiger partial charge in [-0.15, -0.1) is 0 Å². The van der Waals surface area contributed by atoms with E-state index >= 15 is 0 Å². The van der Waals surface area contributed by atoms with Crippen molar-refractivity contribution in [1.29, 1.82) is 0 Å². The number of amides is 1. The van der Waals surface area contributed by atoms with E-state index in [1.54, 1.807) is 6.92 Å². The molecule has 0 saturated heterocycles. The molecule has 0 radical (unpaired) electrons. The third-order valence-electron chi connectivity index (χ3n) is 2.30. The van der Waals surface area contributed by atoms with E-state index < -0.39 is 11.9 Å². The average molecular weight is 238 g/mol. The Morgan fingerprint density at radius 2 is 2.12 bits per heavy atom. The maximum absolute atomic E-state index is 11.8. The fourth-order valence-electron chi connectivity index (χ4n) is 1.31. The lowest BCUT2D eigenvalue weighted by Gasteiger charge is -2.15. The van der Waals surface area contributed by atoms with E-state index in [9.17, 15) is 14.4 Å². The van der Waals surface area contributed by atoms with Crippen molar-refractivity contribution in [3.05, 3.63) is 33.7 Å². The van der Waals surface area contributed by atoms with Crippen LogP contribution in [0.4, 0.5) is 0 Å². The molecule has 0 aliphatic heterocycles. The topological polar surface area (TPSA) is 90.5 Å². The van der Waals surface area contributed by atoms with Crippen molar-refractivity contribution in [2.45, 2.75) is 13.3 Å². The second kappa shape index (κ2) is 5.29. The smallest absolute Gasteiger partial charge is 0.305 e. The number of carbonyl (C=O) groups is 2. The number of aryl methyl sites for hydroxylation is 1. The van der Waals surface area contributed by atoms with Gasteiger partial charge in [-0.05, 0) is 6.92 Å². The Labute approximate surface area is 97.9 Å². The molecular formula is C11H14N2O4. The SMILES string of the molecule is Cc1cc(=O)c(C(=O)N(C)CCC(=O)O)c[nH]1. The second-order valence-electron chi connectivity index (χ2n) is 3.76. The van der Waals surface area contributed by atoms with E-state index in [1.165, 1.54) is 24.2 Å². The maximum atomic E-state index is 11.8. The lowest BCUT2D eigenvalue weighted by atomic mass is 10.2. The van der Waals surface area contributed by atoms with Gasteiger partial charge in [-0.2, -0.15) is 0 Å². The number of aromatic amines is 1. The van der Waals surface area contributed by atoms with Gasteiger partial charge in [0.05, 0.1) is 6.42 Å². The molecular weight excluding hydrogens is 224 g/mol. The summed E-state index contributed by atoms with van der Waals surface area (Å²) in [5.41, 5.74) is 0.316. The third-order valence-corrected chi connectivity index (χ3v) is 2.30. The standard InChI is InChI=1S/C11H14N2O4/c1-7-5-9(14)8(6-12-7)11(17)13(2)4-3-10(15)16/h5-6H,3-4H2,1-2H3,(H,12,14)(H,15,16). The number of rotatable bonds is 4. The van der Waals surface area contributed by atoms with Crippen molar-refractivity contribution in [2.75, 3.05) is 13.6 Å². The maximum Gasteiger partial charge on any atom is 0.305 e. The molecule has 0 aliphatic carbocycles.